The van der Waals surface area contributed by atoms with Crippen LogP contribution in [-0.4, -0.2) is 28.6 Å². The first-order chi connectivity index (χ1) is 5.25. The van der Waals surface area contributed by atoms with Gasteiger partial charge in [0, 0.05) is 17.5 Å². The SMILES string of the molecule is NCCSC1CCC1C(=O)O. The highest BCUT2D eigenvalue weighted by molar-refractivity contribution is 8.00. The normalized spacial score (nSPS) is 29.5. The van der Waals surface area contributed by atoms with Gasteiger partial charge in [0.05, 0.1) is 5.92 Å². The smallest absolute Gasteiger partial charge is 0.307 e. The van der Waals surface area contributed by atoms with Crippen LogP contribution >= 0.6 is 11.8 Å². The predicted octanol–water partition coefficient (Wildman–Crippen LogP) is 0.542. The molecule has 0 bridgehead atoms. The summed E-state index contributed by atoms with van der Waals surface area (Å²) in [6.07, 6.45) is 1.89. The van der Waals surface area contributed by atoms with Crippen molar-refractivity contribution in [2.24, 2.45) is 11.7 Å². The fraction of sp³-hybridized carbons (Fsp3) is 0.857. The Labute approximate surface area is 70.3 Å². The summed E-state index contributed by atoms with van der Waals surface area (Å²) in [5.74, 6) is 0.131. The number of hydrogen-bond acceptors (Lipinski definition) is 3. The van der Waals surface area contributed by atoms with Crippen molar-refractivity contribution in [3.05, 3.63) is 0 Å². The van der Waals surface area contributed by atoms with Crippen molar-refractivity contribution in [3.63, 3.8) is 0 Å². The van der Waals surface area contributed by atoms with Gasteiger partial charge in [-0.25, -0.2) is 0 Å². The van der Waals surface area contributed by atoms with Gasteiger partial charge in [-0.1, -0.05) is 0 Å². The zero-order valence-corrected chi connectivity index (χ0v) is 7.14. The Morgan fingerprint density at radius 2 is 2.36 bits per heavy atom. The summed E-state index contributed by atoms with van der Waals surface area (Å²) in [5, 5.41) is 8.99. The topological polar surface area (TPSA) is 63.3 Å². The van der Waals surface area contributed by atoms with Crippen LogP contribution < -0.4 is 5.73 Å². The maximum absolute atomic E-state index is 10.5. The number of nitrogens with two attached hydrogens (primary N) is 1. The van der Waals surface area contributed by atoms with Gasteiger partial charge in [-0.05, 0) is 12.8 Å². The van der Waals surface area contributed by atoms with Gasteiger partial charge in [0.1, 0.15) is 0 Å². The van der Waals surface area contributed by atoms with E-state index in [-0.39, 0.29) is 5.92 Å². The van der Waals surface area contributed by atoms with E-state index in [0.717, 1.165) is 18.6 Å². The summed E-state index contributed by atoms with van der Waals surface area (Å²) in [6.45, 7) is 0.646. The van der Waals surface area contributed by atoms with E-state index >= 15 is 0 Å². The summed E-state index contributed by atoms with van der Waals surface area (Å²) in [5.41, 5.74) is 5.31. The Hall–Kier alpha value is -0.220. The van der Waals surface area contributed by atoms with Crippen molar-refractivity contribution < 1.29 is 9.90 Å². The van der Waals surface area contributed by atoms with Crippen molar-refractivity contribution in [2.45, 2.75) is 18.1 Å². The first-order valence-electron chi connectivity index (χ1n) is 3.80. The molecule has 4 heteroatoms. The van der Waals surface area contributed by atoms with Crippen LogP contribution in [0.25, 0.3) is 0 Å². The maximum atomic E-state index is 10.5. The second-order valence-corrected chi connectivity index (χ2v) is 4.07. The summed E-state index contributed by atoms with van der Waals surface area (Å²) >= 11 is 1.69. The fourth-order valence-corrected chi connectivity index (χ4v) is 2.40. The minimum atomic E-state index is -0.647. The van der Waals surface area contributed by atoms with Gasteiger partial charge in [0.15, 0.2) is 0 Å². The molecule has 0 aromatic carbocycles. The molecule has 1 saturated carbocycles. The van der Waals surface area contributed by atoms with Gasteiger partial charge in [0.2, 0.25) is 0 Å². The third-order valence-electron chi connectivity index (χ3n) is 1.98. The minimum absolute atomic E-state index is 0.105. The Kier molecular flexibility index (Phi) is 3.20. The molecule has 0 spiro atoms. The zero-order valence-electron chi connectivity index (χ0n) is 6.32. The molecule has 2 atom stereocenters. The zero-order chi connectivity index (χ0) is 8.27. The van der Waals surface area contributed by atoms with Crippen LogP contribution in [0.4, 0.5) is 0 Å². The molecule has 0 amide bonds. The molecule has 64 valence electrons. The van der Waals surface area contributed by atoms with Gasteiger partial charge in [-0.15, -0.1) is 0 Å². The second kappa shape index (κ2) is 3.97. The van der Waals surface area contributed by atoms with Gasteiger partial charge in [-0.3, -0.25) is 4.79 Å². The number of carboxylic acid groups (broad SMARTS) is 1. The molecule has 1 aliphatic carbocycles. The van der Waals surface area contributed by atoms with Crippen LogP contribution in [0.1, 0.15) is 12.8 Å². The largest absolute Gasteiger partial charge is 0.481 e. The molecule has 3 nitrogen and oxygen atoms in total. The average molecular weight is 175 g/mol. The highest BCUT2D eigenvalue weighted by atomic mass is 32.2. The summed E-state index contributed by atoms with van der Waals surface area (Å²) < 4.78 is 0. The highest BCUT2D eigenvalue weighted by Gasteiger charge is 2.36. The van der Waals surface area contributed by atoms with E-state index in [0.29, 0.717) is 11.8 Å². The molecule has 0 aromatic heterocycles. The first-order valence-corrected chi connectivity index (χ1v) is 4.85. The van der Waals surface area contributed by atoms with E-state index in [9.17, 15) is 4.79 Å². The minimum Gasteiger partial charge on any atom is -0.481 e. The monoisotopic (exact) mass is 175 g/mol. The Balaban J connectivity index is 2.20. The lowest BCUT2D eigenvalue weighted by atomic mass is 9.85. The molecular formula is C7H13NO2S. The number of hydrogen-bond donors (Lipinski definition) is 2. The van der Waals surface area contributed by atoms with E-state index in [2.05, 4.69) is 0 Å². The molecule has 1 aliphatic rings. The molecule has 11 heavy (non-hydrogen) atoms. The molecule has 1 rings (SSSR count). The van der Waals surface area contributed by atoms with Gasteiger partial charge in [0.25, 0.3) is 0 Å². The highest BCUT2D eigenvalue weighted by Crippen LogP contribution is 2.37. The van der Waals surface area contributed by atoms with Crippen molar-refractivity contribution in [3.8, 4) is 0 Å². The Morgan fingerprint density at radius 1 is 1.64 bits per heavy atom. The predicted molar refractivity (Wildman–Crippen MR) is 45.7 cm³/mol. The van der Waals surface area contributed by atoms with Crippen LogP contribution in [0.3, 0.4) is 0 Å². The van der Waals surface area contributed by atoms with E-state index < -0.39 is 5.97 Å². The maximum Gasteiger partial charge on any atom is 0.307 e. The molecule has 1 fully saturated rings. The van der Waals surface area contributed by atoms with E-state index in [1.807, 2.05) is 0 Å². The molecule has 0 heterocycles. The summed E-state index contributed by atoms with van der Waals surface area (Å²) in [4.78, 5) is 10.5. The van der Waals surface area contributed by atoms with Crippen LogP contribution in [0.2, 0.25) is 0 Å². The first kappa shape index (κ1) is 8.87. The summed E-state index contributed by atoms with van der Waals surface area (Å²) in [7, 11) is 0. The Bertz CT molecular complexity index is 151. The standard InChI is InChI=1S/C7H13NO2S/c8-3-4-11-6-2-1-5(6)7(9)10/h5-6H,1-4,8H2,(H,9,10). The lowest BCUT2D eigenvalue weighted by Crippen LogP contribution is -2.35. The lowest BCUT2D eigenvalue weighted by Gasteiger charge is -2.32. The molecule has 0 radical (unpaired) electrons. The van der Waals surface area contributed by atoms with Crippen LogP contribution in [-0.2, 0) is 4.79 Å². The quantitative estimate of drug-likeness (QED) is 0.654. The third-order valence-corrected chi connectivity index (χ3v) is 3.44. The summed E-state index contributed by atoms with van der Waals surface area (Å²) in [6, 6.07) is 0. The second-order valence-electron chi connectivity index (χ2n) is 2.72. The van der Waals surface area contributed by atoms with Crippen LogP contribution in [0, 0.1) is 5.92 Å². The number of rotatable bonds is 4. The molecule has 0 saturated heterocycles. The van der Waals surface area contributed by atoms with Crippen molar-refractivity contribution in [2.75, 3.05) is 12.3 Å². The van der Waals surface area contributed by atoms with Gasteiger partial charge < -0.3 is 10.8 Å². The number of thioether (sulfide) groups is 1. The number of carbonyl (C=O) groups is 1. The molecule has 2 unspecified atom stereocenters. The fourth-order valence-electron chi connectivity index (χ4n) is 1.17. The Morgan fingerprint density at radius 3 is 2.73 bits per heavy atom. The molecule has 0 aromatic rings. The van der Waals surface area contributed by atoms with Crippen molar-refractivity contribution >= 4 is 17.7 Å². The van der Waals surface area contributed by atoms with Crippen molar-refractivity contribution in [1.29, 1.82) is 0 Å². The van der Waals surface area contributed by atoms with Crippen LogP contribution in [0.5, 0.6) is 0 Å². The lowest BCUT2D eigenvalue weighted by molar-refractivity contribution is -0.144. The van der Waals surface area contributed by atoms with Gasteiger partial charge >= 0.3 is 5.97 Å². The van der Waals surface area contributed by atoms with Gasteiger partial charge in [-0.2, -0.15) is 11.8 Å². The number of carboxylic acids is 1. The third kappa shape index (κ3) is 2.10. The molecule has 0 aliphatic heterocycles. The molecular weight excluding hydrogens is 162 g/mol. The average Bonchev–Trinajstić information content (AvgIpc) is 1.84. The van der Waals surface area contributed by atoms with E-state index in [1.165, 1.54) is 0 Å². The molecule has 3 N–H and O–H groups in total. The van der Waals surface area contributed by atoms with Crippen molar-refractivity contribution in [1.82, 2.24) is 0 Å². The van der Waals surface area contributed by atoms with E-state index in [4.69, 9.17) is 10.8 Å². The van der Waals surface area contributed by atoms with E-state index in [1.54, 1.807) is 11.8 Å². The number of aliphatic carboxylic acids is 1. The van der Waals surface area contributed by atoms with Crippen LogP contribution in [0.15, 0.2) is 0 Å².